The van der Waals surface area contributed by atoms with Crippen LogP contribution in [0.2, 0.25) is 0 Å². The molecule has 2 aromatic heterocycles. The summed E-state index contributed by atoms with van der Waals surface area (Å²) in [5.41, 5.74) is 26.6. The Labute approximate surface area is 308 Å². The number of hydrogen-bond acceptors (Lipinski definition) is 13. The number of aldehydes is 3. The van der Waals surface area contributed by atoms with Gasteiger partial charge in [-0.05, 0) is 79.0 Å². The number of benzene rings is 2. The van der Waals surface area contributed by atoms with Crippen molar-refractivity contribution >= 4 is 47.8 Å². The number of imidazole rings is 2. The van der Waals surface area contributed by atoms with Crippen molar-refractivity contribution < 1.29 is 29.0 Å². The minimum absolute atomic E-state index is 0.128. The summed E-state index contributed by atoms with van der Waals surface area (Å²) in [7, 11) is 6.77. The highest BCUT2D eigenvalue weighted by Crippen LogP contribution is 2.20. The zero-order valence-corrected chi connectivity index (χ0v) is 30.2. The average molecular weight is 729 g/mol. The van der Waals surface area contributed by atoms with E-state index in [-0.39, 0.29) is 17.0 Å². The van der Waals surface area contributed by atoms with Crippen LogP contribution in [-0.4, -0.2) is 77.4 Å². The van der Waals surface area contributed by atoms with Crippen LogP contribution in [0.15, 0.2) is 110 Å². The van der Waals surface area contributed by atoms with Crippen LogP contribution in [0.4, 0.5) is 11.4 Å². The number of nitrogens with one attached hydrogen (secondary N) is 2. The Kier molecular flexibility index (Phi) is 20.9. The van der Waals surface area contributed by atoms with E-state index >= 15 is 0 Å². The first-order valence-corrected chi connectivity index (χ1v) is 15.9. The summed E-state index contributed by atoms with van der Waals surface area (Å²) >= 11 is 0. The number of nitrogens with two attached hydrogens (primary N) is 4. The Bertz CT molecular complexity index is 1780. The van der Waals surface area contributed by atoms with Gasteiger partial charge in [-0.15, -0.1) is 0 Å². The molecule has 2 heterocycles. The summed E-state index contributed by atoms with van der Waals surface area (Å²) < 4.78 is 7.46. The van der Waals surface area contributed by atoms with Crippen molar-refractivity contribution in [2.24, 2.45) is 22.9 Å². The van der Waals surface area contributed by atoms with Gasteiger partial charge >= 0.3 is 5.97 Å². The summed E-state index contributed by atoms with van der Waals surface area (Å²) in [6.07, 6.45) is 20.3. The smallest absolute Gasteiger partial charge is 0.337 e. The van der Waals surface area contributed by atoms with Gasteiger partial charge in [-0.25, -0.2) is 14.8 Å². The van der Waals surface area contributed by atoms with Crippen LogP contribution in [0.5, 0.6) is 0 Å². The molecular formula is C37H48N10O6. The molecule has 0 aliphatic rings. The second kappa shape index (κ2) is 25.1. The lowest BCUT2D eigenvalue weighted by molar-refractivity contribution is -0.105. The fourth-order valence-electron chi connectivity index (χ4n) is 4.15. The number of ether oxygens (including phenoxy) is 1. The molecule has 16 nitrogen and oxygen atoms in total. The molecule has 4 aromatic rings. The lowest BCUT2D eigenvalue weighted by Gasteiger charge is -2.10. The number of aromatic nitrogens is 4. The van der Waals surface area contributed by atoms with Crippen LogP contribution in [0, 0.1) is 0 Å². The van der Waals surface area contributed by atoms with E-state index in [1.54, 1.807) is 81.0 Å². The zero-order valence-electron chi connectivity index (χ0n) is 30.2. The Morgan fingerprint density at radius 1 is 0.755 bits per heavy atom. The average Bonchev–Trinajstić information content (AvgIpc) is 3.92. The second-order valence-electron chi connectivity index (χ2n) is 10.7. The molecule has 2 aromatic carbocycles. The number of carboxylic acids is 1. The fourth-order valence-corrected chi connectivity index (χ4v) is 4.15. The Morgan fingerprint density at radius 2 is 1.21 bits per heavy atom. The Balaban J connectivity index is 0.000000411. The largest absolute Gasteiger partial charge is 0.478 e. The number of rotatable bonds is 14. The maximum absolute atomic E-state index is 11.1. The van der Waals surface area contributed by atoms with Crippen molar-refractivity contribution in [3.8, 4) is 0 Å². The van der Waals surface area contributed by atoms with Gasteiger partial charge in [0.1, 0.15) is 24.3 Å². The van der Waals surface area contributed by atoms with E-state index in [1.807, 2.05) is 30.3 Å². The molecule has 0 atom stereocenters. The van der Waals surface area contributed by atoms with Crippen molar-refractivity contribution in [1.82, 2.24) is 19.1 Å². The topological polar surface area (TPSA) is 262 Å². The van der Waals surface area contributed by atoms with Gasteiger partial charge in [0.25, 0.3) is 0 Å². The minimum Gasteiger partial charge on any atom is -0.478 e. The summed E-state index contributed by atoms with van der Waals surface area (Å²) in [5.74, 6) is -0.0367. The maximum atomic E-state index is 11.1. The van der Waals surface area contributed by atoms with E-state index < -0.39 is 5.97 Å². The Hall–Kier alpha value is -6.94. The lowest BCUT2D eigenvalue weighted by atomic mass is 10.0. The van der Waals surface area contributed by atoms with Crippen molar-refractivity contribution in [3.63, 3.8) is 0 Å². The fraction of sp³-hybridized carbons (Fsp3) is 0.189. The molecule has 0 saturated carbocycles. The highest BCUT2D eigenvalue weighted by Gasteiger charge is 2.09. The number of carbonyl (C=O) groups is 4. The van der Waals surface area contributed by atoms with E-state index in [0.717, 1.165) is 36.8 Å². The molecule has 16 heteroatoms. The molecule has 0 amide bonds. The predicted octanol–water partition coefficient (Wildman–Crippen LogP) is 3.08. The molecule has 0 aliphatic heterocycles. The molecule has 0 saturated heterocycles. The van der Waals surface area contributed by atoms with Gasteiger partial charge in [0, 0.05) is 70.0 Å². The van der Waals surface area contributed by atoms with Crippen molar-refractivity contribution in [2.45, 2.75) is 19.3 Å². The monoisotopic (exact) mass is 728 g/mol. The van der Waals surface area contributed by atoms with Crippen molar-refractivity contribution in [2.75, 3.05) is 38.9 Å². The number of anilines is 2. The molecule has 0 aliphatic carbocycles. The molecule has 0 unspecified atom stereocenters. The molecule has 4 rings (SSSR count). The third-order valence-electron chi connectivity index (χ3n) is 6.80. The van der Waals surface area contributed by atoms with Gasteiger partial charge in [-0.2, -0.15) is 0 Å². The van der Waals surface area contributed by atoms with Gasteiger partial charge in [-0.1, -0.05) is 12.1 Å². The summed E-state index contributed by atoms with van der Waals surface area (Å²) in [6, 6.07) is 11.2. The highest BCUT2D eigenvalue weighted by atomic mass is 16.4. The molecule has 0 bridgehead atoms. The van der Waals surface area contributed by atoms with E-state index in [4.69, 9.17) is 28.0 Å². The van der Waals surface area contributed by atoms with E-state index in [2.05, 4.69) is 25.3 Å². The Morgan fingerprint density at radius 3 is 1.58 bits per heavy atom. The number of aryl methyl sites for hydroxylation is 2. The maximum Gasteiger partial charge on any atom is 0.337 e. The highest BCUT2D eigenvalue weighted by molar-refractivity contribution is 5.94. The predicted molar refractivity (Wildman–Crippen MR) is 207 cm³/mol. The first-order chi connectivity index (χ1) is 25.5. The van der Waals surface area contributed by atoms with Gasteiger partial charge < -0.3 is 43.4 Å². The minimum atomic E-state index is -0.930. The number of carboxylic acid groups (broad SMARTS) is 1. The molecular weight excluding hydrogens is 680 g/mol. The van der Waals surface area contributed by atoms with Crippen LogP contribution >= 0.6 is 0 Å². The van der Waals surface area contributed by atoms with E-state index in [9.17, 15) is 19.2 Å². The van der Waals surface area contributed by atoms with Crippen molar-refractivity contribution in [3.05, 3.63) is 132 Å². The molecule has 0 spiro atoms. The summed E-state index contributed by atoms with van der Waals surface area (Å²) in [6.45, 7) is 0. The van der Waals surface area contributed by atoms with Crippen molar-refractivity contribution in [1.29, 1.82) is 0 Å². The number of aromatic carboxylic acids is 1. The molecule has 282 valence electrons. The third-order valence-corrected chi connectivity index (χ3v) is 6.80. The van der Waals surface area contributed by atoms with Crippen LogP contribution in [0.3, 0.4) is 0 Å². The zero-order chi connectivity index (χ0) is 39.6. The third kappa shape index (κ3) is 16.5. The van der Waals surface area contributed by atoms with Gasteiger partial charge in [-0.3, -0.25) is 23.5 Å². The van der Waals surface area contributed by atoms with Crippen LogP contribution in [-0.2, 0) is 27.2 Å². The van der Waals surface area contributed by atoms with Crippen LogP contribution in [0.25, 0.3) is 11.6 Å². The standard InChI is InChI=1S/C19H22N2O3.2C8H10N4O.C2H6O/c1-20-17-10-13(6-8-15(17)12-22)4-3-5-14-7-9-16(19(23)24)18(11-14)21-2;2*9-7(5-13)1-2-8(10)12-4-3-11-6-12;1-3-2/h6-12,20-21H,3-5H2,1-2H3,(H,23,24);2*1-6H,9-10H2;1-2H3/b;2*7-1-,8-2+;. The second-order valence-corrected chi connectivity index (χ2v) is 10.7. The molecule has 53 heavy (non-hydrogen) atoms. The van der Waals surface area contributed by atoms with E-state index in [1.165, 1.54) is 29.9 Å². The summed E-state index contributed by atoms with van der Waals surface area (Å²) in [4.78, 5) is 49.9. The van der Waals surface area contributed by atoms with Gasteiger partial charge in [0.15, 0.2) is 18.9 Å². The first-order valence-electron chi connectivity index (χ1n) is 15.9. The molecule has 0 fully saturated rings. The number of nitrogens with zero attached hydrogens (tertiary/aromatic N) is 4. The number of hydrogen-bond donors (Lipinski definition) is 7. The quantitative estimate of drug-likeness (QED) is 0.0559. The summed E-state index contributed by atoms with van der Waals surface area (Å²) in [5, 5.41) is 15.1. The van der Waals surface area contributed by atoms with Gasteiger partial charge in [0.2, 0.25) is 0 Å². The normalized spacial score (nSPS) is 11.3. The number of methoxy groups -OCH3 is 1. The van der Waals surface area contributed by atoms with Crippen LogP contribution in [0.1, 0.15) is 38.3 Å². The SMILES string of the molecule is CNc1cc(CCCc2ccc(C(=O)O)c(NC)c2)ccc1C=O.COC.N/C(C=O)=C\C=C(/N)n1ccnc1.N/C(C=O)=C\C=C(/N)n1ccnc1. The van der Waals surface area contributed by atoms with Gasteiger partial charge in [0.05, 0.1) is 17.0 Å². The molecule has 11 N–H and O–H groups in total. The number of allylic oxidation sites excluding steroid dienone is 6. The van der Waals surface area contributed by atoms with Crippen LogP contribution < -0.4 is 33.6 Å². The lowest BCUT2D eigenvalue weighted by Crippen LogP contribution is -2.04. The van der Waals surface area contributed by atoms with E-state index in [0.29, 0.717) is 35.5 Å². The number of carbonyl (C=O) groups excluding carboxylic acids is 3. The molecule has 0 radical (unpaired) electrons. The first kappa shape index (κ1) is 44.1.